The van der Waals surface area contributed by atoms with Crippen LogP contribution in [-0.2, 0) is 0 Å². The number of aromatic hydroxyl groups is 1. The predicted octanol–water partition coefficient (Wildman–Crippen LogP) is 2.98. The molecule has 0 bridgehead atoms. The summed E-state index contributed by atoms with van der Waals surface area (Å²) in [6.07, 6.45) is 1.55. The number of pyridine rings is 1. The van der Waals surface area contributed by atoms with Crippen molar-refractivity contribution in [3.8, 4) is 22.9 Å². The second-order valence-corrected chi connectivity index (χ2v) is 3.60. The number of nitriles is 1. The van der Waals surface area contributed by atoms with Crippen LogP contribution in [0.3, 0.4) is 0 Å². The minimum Gasteiger partial charge on any atom is -0.508 e. The lowest BCUT2D eigenvalue weighted by atomic mass is 10.0. The Balaban J connectivity index is 2.56. The van der Waals surface area contributed by atoms with Crippen molar-refractivity contribution in [1.82, 2.24) is 4.98 Å². The molecule has 3 nitrogen and oxygen atoms in total. The second kappa shape index (κ2) is 4.21. The van der Waals surface area contributed by atoms with E-state index >= 15 is 0 Å². The van der Waals surface area contributed by atoms with Gasteiger partial charge in [0.2, 0.25) is 0 Å². The Morgan fingerprint density at radius 3 is 2.56 bits per heavy atom. The standard InChI is InChI=1S/C12H7ClN2O/c13-12-5-9(6-14)11(7-15-12)8-1-3-10(16)4-2-8/h1-5,7,16H. The number of hydrogen-bond donors (Lipinski definition) is 1. The third-order valence-electron chi connectivity index (χ3n) is 2.17. The van der Waals surface area contributed by atoms with Gasteiger partial charge in [-0.05, 0) is 23.8 Å². The monoisotopic (exact) mass is 230 g/mol. The fourth-order valence-electron chi connectivity index (χ4n) is 1.39. The topological polar surface area (TPSA) is 56.9 Å². The van der Waals surface area contributed by atoms with Crippen molar-refractivity contribution in [2.75, 3.05) is 0 Å². The smallest absolute Gasteiger partial charge is 0.130 e. The number of phenolic OH excluding ortho intramolecular Hbond substituents is 1. The summed E-state index contributed by atoms with van der Waals surface area (Å²) in [7, 11) is 0. The average molecular weight is 231 g/mol. The summed E-state index contributed by atoms with van der Waals surface area (Å²) in [5.74, 6) is 0.184. The van der Waals surface area contributed by atoms with Gasteiger partial charge in [0, 0.05) is 11.8 Å². The molecule has 0 saturated carbocycles. The molecule has 0 radical (unpaired) electrons. The fraction of sp³-hybridized carbons (Fsp3) is 0. The Bertz CT molecular complexity index is 558. The first-order valence-electron chi connectivity index (χ1n) is 4.56. The highest BCUT2D eigenvalue weighted by Crippen LogP contribution is 2.25. The molecular weight excluding hydrogens is 224 g/mol. The van der Waals surface area contributed by atoms with E-state index in [1.165, 1.54) is 6.07 Å². The van der Waals surface area contributed by atoms with Gasteiger partial charge in [0.1, 0.15) is 10.9 Å². The van der Waals surface area contributed by atoms with E-state index in [1.54, 1.807) is 30.5 Å². The van der Waals surface area contributed by atoms with Gasteiger partial charge in [-0.1, -0.05) is 23.7 Å². The van der Waals surface area contributed by atoms with E-state index < -0.39 is 0 Å². The molecule has 78 valence electrons. The zero-order valence-corrected chi connectivity index (χ0v) is 8.94. The lowest BCUT2D eigenvalue weighted by molar-refractivity contribution is 0.475. The first-order valence-corrected chi connectivity index (χ1v) is 4.93. The Morgan fingerprint density at radius 1 is 1.25 bits per heavy atom. The van der Waals surface area contributed by atoms with Crippen LogP contribution < -0.4 is 0 Å². The number of phenols is 1. The third kappa shape index (κ3) is 1.97. The van der Waals surface area contributed by atoms with Crippen LogP contribution in [0.4, 0.5) is 0 Å². The molecule has 0 aliphatic rings. The minimum atomic E-state index is 0.184. The van der Waals surface area contributed by atoms with Gasteiger partial charge in [0.05, 0.1) is 11.6 Å². The van der Waals surface area contributed by atoms with Gasteiger partial charge in [-0.15, -0.1) is 0 Å². The van der Waals surface area contributed by atoms with E-state index in [4.69, 9.17) is 16.9 Å². The SMILES string of the molecule is N#Cc1cc(Cl)ncc1-c1ccc(O)cc1. The maximum atomic E-state index is 9.17. The van der Waals surface area contributed by atoms with Gasteiger partial charge >= 0.3 is 0 Å². The third-order valence-corrected chi connectivity index (χ3v) is 2.38. The summed E-state index contributed by atoms with van der Waals surface area (Å²) in [6.45, 7) is 0. The maximum absolute atomic E-state index is 9.17. The van der Waals surface area contributed by atoms with Crippen molar-refractivity contribution in [2.24, 2.45) is 0 Å². The van der Waals surface area contributed by atoms with Gasteiger partial charge in [0.15, 0.2) is 0 Å². The van der Waals surface area contributed by atoms with E-state index in [-0.39, 0.29) is 5.75 Å². The highest BCUT2D eigenvalue weighted by molar-refractivity contribution is 6.29. The highest BCUT2D eigenvalue weighted by atomic mass is 35.5. The van der Waals surface area contributed by atoms with Crippen LogP contribution in [0, 0.1) is 11.3 Å². The van der Waals surface area contributed by atoms with Crippen molar-refractivity contribution < 1.29 is 5.11 Å². The molecule has 0 aliphatic carbocycles. The Hall–Kier alpha value is -2.05. The lowest BCUT2D eigenvalue weighted by Gasteiger charge is -2.03. The zero-order chi connectivity index (χ0) is 11.5. The van der Waals surface area contributed by atoms with Gasteiger partial charge in [-0.3, -0.25) is 0 Å². The number of halogens is 1. The Kier molecular flexibility index (Phi) is 2.76. The van der Waals surface area contributed by atoms with Crippen LogP contribution >= 0.6 is 11.6 Å². The van der Waals surface area contributed by atoms with Gasteiger partial charge in [-0.25, -0.2) is 4.98 Å². The molecule has 2 rings (SSSR count). The van der Waals surface area contributed by atoms with Crippen LogP contribution in [0.1, 0.15) is 5.56 Å². The molecular formula is C12H7ClN2O. The fourth-order valence-corrected chi connectivity index (χ4v) is 1.55. The number of benzene rings is 1. The minimum absolute atomic E-state index is 0.184. The molecule has 1 N–H and O–H groups in total. The molecule has 0 aliphatic heterocycles. The summed E-state index contributed by atoms with van der Waals surface area (Å²) in [4.78, 5) is 3.94. The number of aromatic nitrogens is 1. The molecule has 0 saturated heterocycles. The summed E-state index contributed by atoms with van der Waals surface area (Å²) in [5, 5.41) is 18.4. The largest absolute Gasteiger partial charge is 0.508 e. The van der Waals surface area contributed by atoms with E-state index in [1.807, 2.05) is 0 Å². The lowest BCUT2D eigenvalue weighted by Crippen LogP contribution is -1.86. The molecule has 1 aromatic carbocycles. The van der Waals surface area contributed by atoms with E-state index in [2.05, 4.69) is 11.1 Å². The maximum Gasteiger partial charge on any atom is 0.130 e. The number of hydrogen-bond acceptors (Lipinski definition) is 3. The zero-order valence-electron chi connectivity index (χ0n) is 8.18. The van der Waals surface area contributed by atoms with Gasteiger partial charge in [-0.2, -0.15) is 5.26 Å². The predicted molar refractivity (Wildman–Crippen MR) is 61.1 cm³/mol. The molecule has 2 aromatic rings. The molecule has 0 unspecified atom stereocenters. The van der Waals surface area contributed by atoms with Crippen molar-refractivity contribution in [2.45, 2.75) is 0 Å². The van der Waals surface area contributed by atoms with Crippen LogP contribution in [-0.4, -0.2) is 10.1 Å². The summed E-state index contributed by atoms with van der Waals surface area (Å²) in [6, 6.07) is 10.1. The van der Waals surface area contributed by atoms with E-state index in [9.17, 15) is 5.11 Å². The normalized spacial score (nSPS) is 9.75. The van der Waals surface area contributed by atoms with Crippen molar-refractivity contribution in [3.05, 3.63) is 47.2 Å². The first-order chi connectivity index (χ1) is 7.70. The molecule has 0 fully saturated rings. The van der Waals surface area contributed by atoms with Crippen LogP contribution in [0.25, 0.3) is 11.1 Å². The van der Waals surface area contributed by atoms with Crippen molar-refractivity contribution in [3.63, 3.8) is 0 Å². The number of rotatable bonds is 1. The molecule has 0 atom stereocenters. The highest BCUT2D eigenvalue weighted by Gasteiger charge is 2.06. The van der Waals surface area contributed by atoms with E-state index in [0.717, 1.165) is 5.56 Å². The first kappa shape index (κ1) is 10.5. The van der Waals surface area contributed by atoms with E-state index in [0.29, 0.717) is 16.3 Å². The Labute approximate surface area is 97.6 Å². The van der Waals surface area contributed by atoms with Crippen LogP contribution in [0.2, 0.25) is 5.15 Å². The van der Waals surface area contributed by atoms with Crippen LogP contribution in [0.5, 0.6) is 5.75 Å². The molecule has 4 heteroatoms. The van der Waals surface area contributed by atoms with Crippen molar-refractivity contribution >= 4 is 11.6 Å². The Morgan fingerprint density at radius 2 is 1.94 bits per heavy atom. The second-order valence-electron chi connectivity index (χ2n) is 3.21. The summed E-state index contributed by atoms with van der Waals surface area (Å²) >= 11 is 5.71. The quantitative estimate of drug-likeness (QED) is 0.767. The molecule has 1 aromatic heterocycles. The summed E-state index contributed by atoms with van der Waals surface area (Å²) < 4.78 is 0. The van der Waals surface area contributed by atoms with Gasteiger partial charge < -0.3 is 5.11 Å². The van der Waals surface area contributed by atoms with Gasteiger partial charge in [0.25, 0.3) is 0 Å². The average Bonchev–Trinajstić information content (AvgIpc) is 2.30. The molecule has 0 spiro atoms. The molecule has 0 amide bonds. The number of nitrogens with zero attached hydrogens (tertiary/aromatic N) is 2. The molecule has 1 heterocycles. The summed E-state index contributed by atoms with van der Waals surface area (Å²) in [5.41, 5.74) is 1.98. The van der Waals surface area contributed by atoms with Crippen molar-refractivity contribution in [1.29, 1.82) is 5.26 Å². The molecule has 16 heavy (non-hydrogen) atoms. The van der Waals surface area contributed by atoms with Crippen LogP contribution in [0.15, 0.2) is 36.5 Å².